The van der Waals surface area contributed by atoms with Gasteiger partial charge in [0.1, 0.15) is 11.6 Å². The van der Waals surface area contributed by atoms with Crippen molar-refractivity contribution in [3.63, 3.8) is 0 Å². The van der Waals surface area contributed by atoms with Gasteiger partial charge in [0.25, 0.3) is 0 Å². The summed E-state index contributed by atoms with van der Waals surface area (Å²) in [5.41, 5.74) is 4.79. The third kappa shape index (κ3) is 3.42. The Kier molecular flexibility index (Phi) is 4.86. The second kappa shape index (κ2) is 6.43. The van der Waals surface area contributed by atoms with Gasteiger partial charge in [0.05, 0.1) is 6.04 Å². The van der Waals surface area contributed by atoms with Crippen LogP contribution in [0.1, 0.15) is 22.7 Å². The summed E-state index contributed by atoms with van der Waals surface area (Å²) >= 11 is 3.31. The molecule has 0 bridgehead atoms. The molecule has 0 fully saturated rings. The number of aryl methyl sites for hydroxylation is 1. The van der Waals surface area contributed by atoms with E-state index in [4.69, 9.17) is 5.84 Å². The van der Waals surface area contributed by atoms with E-state index in [9.17, 15) is 8.78 Å². The Morgan fingerprint density at radius 2 is 1.95 bits per heavy atom. The molecular formula is C15H15BrF2N2. The van der Waals surface area contributed by atoms with Crippen LogP contribution in [0.2, 0.25) is 0 Å². The zero-order valence-corrected chi connectivity index (χ0v) is 12.5. The van der Waals surface area contributed by atoms with Crippen molar-refractivity contribution in [2.75, 3.05) is 0 Å². The SMILES string of the molecule is Cc1ccc(F)cc1CC(NN)c1cc(Br)ccc1F. The van der Waals surface area contributed by atoms with E-state index in [1.165, 1.54) is 18.2 Å². The smallest absolute Gasteiger partial charge is 0.128 e. The van der Waals surface area contributed by atoms with Crippen molar-refractivity contribution in [1.82, 2.24) is 5.43 Å². The zero-order valence-electron chi connectivity index (χ0n) is 11.0. The molecule has 1 atom stereocenters. The van der Waals surface area contributed by atoms with Crippen LogP contribution < -0.4 is 11.3 Å². The topological polar surface area (TPSA) is 38.0 Å². The summed E-state index contributed by atoms with van der Waals surface area (Å²) in [4.78, 5) is 0. The Morgan fingerprint density at radius 3 is 2.65 bits per heavy atom. The van der Waals surface area contributed by atoms with Crippen LogP contribution in [-0.4, -0.2) is 0 Å². The molecule has 5 heteroatoms. The molecule has 0 radical (unpaired) electrons. The molecule has 3 N–H and O–H groups in total. The minimum Gasteiger partial charge on any atom is -0.271 e. The first-order valence-corrected chi connectivity index (χ1v) is 6.96. The van der Waals surface area contributed by atoms with Gasteiger partial charge in [0.15, 0.2) is 0 Å². The van der Waals surface area contributed by atoms with Crippen LogP contribution in [0.5, 0.6) is 0 Å². The van der Waals surface area contributed by atoms with Crippen LogP contribution in [0, 0.1) is 18.6 Å². The second-order valence-corrected chi connectivity index (χ2v) is 5.58. The maximum atomic E-state index is 13.9. The summed E-state index contributed by atoms with van der Waals surface area (Å²) < 4.78 is 28.0. The molecule has 0 spiro atoms. The molecule has 0 aliphatic carbocycles. The fourth-order valence-electron chi connectivity index (χ4n) is 2.12. The highest BCUT2D eigenvalue weighted by molar-refractivity contribution is 9.10. The molecule has 0 amide bonds. The summed E-state index contributed by atoms with van der Waals surface area (Å²) in [6, 6.07) is 8.82. The predicted molar refractivity (Wildman–Crippen MR) is 79.0 cm³/mol. The molecule has 2 rings (SSSR count). The number of hydrazine groups is 1. The van der Waals surface area contributed by atoms with Gasteiger partial charge in [0, 0.05) is 10.0 Å². The lowest BCUT2D eigenvalue weighted by Crippen LogP contribution is -2.30. The van der Waals surface area contributed by atoms with Crippen molar-refractivity contribution in [3.8, 4) is 0 Å². The normalized spacial score (nSPS) is 12.4. The molecule has 1 unspecified atom stereocenters. The summed E-state index contributed by atoms with van der Waals surface area (Å²) in [5, 5.41) is 0. The lowest BCUT2D eigenvalue weighted by molar-refractivity contribution is 0.508. The Hall–Kier alpha value is -1.30. The lowest BCUT2D eigenvalue weighted by Gasteiger charge is -2.18. The third-order valence-corrected chi connectivity index (χ3v) is 3.76. The fraction of sp³-hybridized carbons (Fsp3) is 0.200. The predicted octanol–water partition coefficient (Wildman–Crippen LogP) is 3.78. The Morgan fingerprint density at radius 1 is 1.20 bits per heavy atom. The largest absolute Gasteiger partial charge is 0.271 e. The Labute approximate surface area is 125 Å². The van der Waals surface area contributed by atoms with Gasteiger partial charge in [-0.05, 0) is 54.8 Å². The first-order chi connectivity index (χ1) is 9.51. The van der Waals surface area contributed by atoms with Crippen LogP contribution in [0.15, 0.2) is 40.9 Å². The van der Waals surface area contributed by atoms with Crippen LogP contribution in [0.25, 0.3) is 0 Å². The number of benzene rings is 2. The molecule has 0 aliphatic heterocycles. The Balaban J connectivity index is 2.33. The second-order valence-electron chi connectivity index (χ2n) is 4.66. The van der Waals surface area contributed by atoms with Gasteiger partial charge in [-0.15, -0.1) is 0 Å². The molecule has 20 heavy (non-hydrogen) atoms. The fourth-order valence-corrected chi connectivity index (χ4v) is 2.50. The summed E-state index contributed by atoms with van der Waals surface area (Å²) in [6.07, 6.45) is 0.410. The number of halogens is 3. The van der Waals surface area contributed by atoms with E-state index in [1.54, 1.807) is 18.2 Å². The van der Waals surface area contributed by atoms with Crippen LogP contribution >= 0.6 is 15.9 Å². The van der Waals surface area contributed by atoms with E-state index in [0.29, 0.717) is 12.0 Å². The van der Waals surface area contributed by atoms with Gasteiger partial charge in [0.2, 0.25) is 0 Å². The van der Waals surface area contributed by atoms with Gasteiger partial charge >= 0.3 is 0 Å². The maximum Gasteiger partial charge on any atom is 0.128 e. The van der Waals surface area contributed by atoms with Crippen molar-refractivity contribution in [1.29, 1.82) is 0 Å². The molecular weight excluding hydrogens is 326 g/mol. The van der Waals surface area contributed by atoms with Gasteiger partial charge in [-0.25, -0.2) is 8.78 Å². The first-order valence-electron chi connectivity index (χ1n) is 6.17. The molecule has 0 heterocycles. The lowest BCUT2D eigenvalue weighted by atomic mass is 9.96. The molecule has 0 aliphatic rings. The highest BCUT2D eigenvalue weighted by Crippen LogP contribution is 2.25. The maximum absolute atomic E-state index is 13.9. The first kappa shape index (κ1) is 15.1. The van der Waals surface area contributed by atoms with Gasteiger partial charge < -0.3 is 0 Å². The van der Waals surface area contributed by atoms with E-state index in [-0.39, 0.29) is 11.6 Å². The van der Waals surface area contributed by atoms with Crippen molar-refractivity contribution >= 4 is 15.9 Å². The highest BCUT2D eigenvalue weighted by atomic mass is 79.9. The number of rotatable bonds is 4. The number of nitrogens with two attached hydrogens (primary N) is 1. The molecule has 2 aromatic carbocycles. The zero-order chi connectivity index (χ0) is 14.7. The van der Waals surface area contributed by atoms with Crippen LogP contribution in [0.3, 0.4) is 0 Å². The number of hydrogen-bond acceptors (Lipinski definition) is 2. The van der Waals surface area contributed by atoms with E-state index < -0.39 is 6.04 Å². The minimum atomic E-state index is -0.423. The summed E-state index contributed by atoms with van der Waals surface area (Å²) in [6.45, 7) is 1.89. The average Bonchev–Trinajstić information content (AvgIpc) is 2.42. The Bertz CT molecular complexity index is 617. The van der Waals surface area contributed by atoms with Gasteiger partial charge in [-0.3, -0.25) is 11.3 Å². The third-order valence-electron chi connectivity index (χ3n) is 3.27. The average molecular weight is 341 g/mol. The molecule has 0 aromatic heterocycles. The minimum absolute atomic E-state index is 0.309. The number of nitrogens with one attached hydrogen (secondary N) is 1. The van der Waals surface area contributed by atoms with Crippen molar-refractivity contribution < 1.29 is 8.78 Å². The summed E-state index contributed by atoms with van der Waals surface area (Å²) in [5.74, 6) is 4.88. The molecule has 106 valence electrons. The quantitative estimate of drug-likeness (QED) is 0.656. The van der Waals surface area contributed by atoms with Gasteiger partial charge in [-0.1, -0.05) is 22.0 Å². The highest BCUT2D eigenvalue weighted by Gasteiger charge is 2.16. The van der Waals surface area contributed by atoms with E-state index in [2.05, 4.69) is 21.4 Å². The van der Waals surface area contributed by atoms with E-state index in [0.717, 1.165) is 15.6 Å². The summed E-state index contributed by atoms with van der Waals surface area (Å²) in [7, 11) is 0. The van der Waals surface area contributed by atoms with Crippen LogP contribution in [-0.2, 0) is 6.42 Å². The van der Waals surface area contributed by atoms with Crippen LogP contribution in [0.4, 0.5) is 8.78 Å². The monoisotopic (exact) mass is 340 g/mol. The van der Waals surface area contributed by atoms with Crippen molar-refractivity contribution in [3.05, 3.63) is 69.2 Å². The van der Waals surface area contributed by atoms with Gasteiger partial charge in [-0.2, -0.15) is 0 Å². The molecule has 0 saturated carbocycles. The van der Waals surface area contributed by atoms with Crippen molar-refractivity contribution in [2.45, 2.75) is 19.4 Å². The van der Waals surface area contributed by atoms with Crippen molar-refractivity contribution in [2.24, 2.45) is 5.84 Å². The van der Waals surface area contributed by atoms with E-state index >= 15 is 0 Å². The molecule has 2 aromatic rings. The standard InChI is InChI=1S/C15H15BrF2N2/c1-9-2-4-12(17)6-10(9)7-15(20-19)13-8-11(16)3-5-14(13)18/h2-6,8,15,20H,7,19H2,1H3. The number of hydrogen-bond donors (Lipinski definition) is 2. The van der Waals surface area contributed by atoms with E-state index in [1.807, 2.05) is 6.92 Å². The molecule has 2 nitrogen and oxygen atoms in total. The molecule has 0 saturated heterocycles.